The molecule has 8 heteroatoms. The first-order chi connectivity index (χ1) is 13.1. The number of rotatable bonds is 6. The van der Waals surface area contributed by atoms with Crippen molar-refractivity contribution in [2.24, 2.45) is 0 Å². The lowest BCUT2D eigenvalue weighted by molar-refractivity contribution is -0.121. The third-order valence-corrected chi connectivity index (χ3v) is 3.97. The van der Waals surface area contributed by atoms with Gasteiger partial charge in [0.1, 0.15) is 12.1 Å². The van der Waals surface area contributed by atoms with E-state index >= 15 is 0 Å². The molecule has 0 bridgehead atoms. The molecule has 0 aliphatic heterocycles. The smallest absolute Gasteiger partial charge is 0.338 e. The zero-order valence-corrected chi connectivity index (χ0v) is 14.7. The Kier molecular flexibility index (Phi) is 5.42. The topological polar surface area (TPSA) is 101 Å². The Morgan fingerprint density at radius 3 is 2.70 bits per heavy atom. The van der Waals surface area contributed by atoms with E-state index in [0.29, 0.717) is 17.7 Å². The van der Waals surface area contributed by atoms with Crippen LogP contribution in [0.15, 0.2) is 48.5 Å². The average molecular weight is 363 g/mol. The first-order valence-corrected chi connectivity index (χ1v) is 8.36. The van der Waals surface area contributed by atoms with Crippen LogP contribution in [0.4, 0.5) is 5.69 Å². The van der Waals surface area contributed by atoms with Crippen molar-refractivity contribution in [3.63, 3.8) is 0 Å². The summed E-state index contributed by atoms with van der Waals surface area (Å²) >= 11 is 0. The van der Waals surface area contributed by atoms with Crippen LogP contribution in [0.2, 0.25) is 0 Å². The number of esters is 1. The van der Waals surface area contributed by atoms with Crippen molar-refractivity contribution in [1.29, 1.82) is 5.26 Å². The number of aromatic nitrogens is 3. The van der Waals surface area contributed by atoms with Gasteiger partial charge >= 0.3 is 5.97 Å². The average Bonchev–Trinajstić information content (AvgIpc) is 3.13. The second-order valence-electron chi connectivity index (χ2n) is 5.66. The molecule has 0 aliphatic rings. The van der Waals surface area contributed by atoms with E-state index in [0.717, 1.165) is 5.52 Å². The van der Waals surface area contributed by atoms with Crippen LogP contribution in [-0.4, -0.2) is 40.0 Å². The molecule has 8 nitrogen and oxygen atoms in total. The van der Waals surface area contributed by atoms with Crippen molar-refractivity contribution in [2.45, 2.75) is 13.5 Å². The number of fused-ring (bicyclic) bond motifs is 1. The van der Waals surface area contributed by atoms with Crippen LogP contribution in [0.1, 0.15) is 17.3 Å². The molecule has 0 saturated heterocycles. The molecule has 3 rings (SSSR count). The van der Waals surface area contributed by atoms with E-state index in [1.165, 1.54) is 4.90 Å². The number of aryl methyl sites for hydroxylation is 1. The van der Waals surface area contributed by atoms with Crippen LogP contribution in [-0.2, 0) is 16.1 Å². The number of nitriles is 1. The standard InChI is InChI=1S/C19H17N5O3/c1-2-24-17-9-8-14(12-16(17)21-22-24)19(26)27-13-18(25)23(11-10-20)15-6-4-3-5-7-15/h3-9,12H,2,11,13H2,1H3. The third kappa shape index (κ3) is 3.93. The van der Waals surface area contributed by atoms with Gasteiger partial charge in [-0.25, -0.2) is 9.48 Å². The normalized spacial score (nSPS) is 10.4. The summed E-state index contributed by atoms with van der Waals surface area (Å²) in [6.45, 7) is 2.02. The van der Waals surface area contributed by atoms with Crippen LogP contribution >= 0.6 is 0 Å². The summed E-state index contributed by atoms with van der Waals surface area (Å²) in [5.74, 6) is -1.12. The monoisotopic (exact) mass is 363 g/mol. The van der Waals surface area contributed by atoms with E-state index in [2.05, 4.69) is 10.3 Å². The molecule has 0 aliphatic carbocycles. The second-order valence-corrected chi connectivity index (χ2v) is 5.66. The summed E-state index contributed by atoms with van der Waals surface area (Å²) in [5, 5.41) is 17.0. The largest absolute Gasteiger partial charge is 0.452 e. The number of nitrogens with zero attached hydrogens (tertiary/aromatic N) is 5. The zero-order valence-electron chi connectivity index (χ0n) is 14.7. The molecule has 0 saturated carbocycles. The lowest BCUT2D eigenvalue weighted by Crippen LogP contribution is -2.35. The van der Waals surface area contributed by atoms with E-state index < -0.39 is 18.5 Å². The van der Waals surface area contributed by atoms with Crippen LogP contribution in [0.25, 0.3) is 11.0 Å². The van der Waals surface area contributed by atoms with Gasteiger partial charge < -0.3 is 4.74 Å². The molecule has 1 amide bonds. The summed E-state index contributed by atoms with van der Waals surface area (Å²) < 4.78 is 6.84. The summed E-state index contributed by atoms with van der Waals surface area (Å²) in [6.07, 6.45) is 0. The van der Waals surface area contributed by atoms with Gasteiger partial charge in [-0.1, -0.05) is 23.4 Å². The van der Waals surface area contributed by atoms with Gasteiger partial charge in [0.15, 0.2) is 6.61 Å². The second kappa shape index (κ2) is 8.10. The molecule has 0 radical (unpaired) electrons. The maximum Gasteiger partial charge on any atom is 0.338 e. The number of hydrogen-bond donors (Lipinski definition) is 0. The number of hydrogen-bond acceptors (Lipinski definition) is 6. The number of carbonyl (C=O) groups excluding carboxylic acids is 2. The summed E-state index contributed by atoms with van der Waals surface area (Å²) in [6, 6.07) is 15.6. The van der Waals surface area contributed by atoms with Gasteiger partial charge in [0.25, 0.3) is 5.91 Å². The molecule has 0 atom stereocenters. The fourth-order valence-electron chi connectivity index (χ4n) is 2.62. The van der Waals surface area contributed by atoms with Crippen molar-refractivity contribution < 1.29 is 14.3 Å². The Morgan fingerprint density at radius 2 is 2.00 bits per heavy atom. The number of para-hydroxylation sites is 1. The molecule has 27 heavy (non-hydrogen) atoms. The van der Waals surface area contributed by atoms with Crippen LogP contribution in [0.5, 0.6) is 0 Å². The van der Waals surface area contributed by atoms with Crippen LogP contribution < -0.4 is 4.90 Å². The van der Waals surface area contributed by atoms with Gasteiger partial charge in [0.2, 0.25) is 0 Å². The molecule has 2 aromatic carbocycles. The Hall–Kier alpha value is -3.73. The molecular weight excluding hydrogens is 346 g/mol. The van der Waals surface area contributed by atoms with Gasteiger partial charge in [-0.15, -0.1) is 5.10 Å². The Morgan fingerprint density at radius 1 is 1.22 bits per heavy atom. The predicted octanol–water partition coefficient (Wildman–Crippen LogP) is 2.16. The van der Waals surface area contributed by atoms with Gasteiger partial charge in [-0.05, 0) is 37.3 Å². The minimum absolute atomic E-state index is 0.132. The maximum absolute atomic E-state index is 12.4. The molecule has 0 spiro atoms. The molecule has 1 aromatic heterocycles. The zero-order chi connectivity index (χ0) is 19.2. The number of ether oxygens (including phenoxy) is 1. The van der Waals surface area contributed by atoms with Crippen molar-refractivity contribution in [3.05, 3.63) is 54.1 Å². The molecule has 0 unspecified atom stereocenters. The number of anilines is 1. The third-order valence-electron chi connectivity index (χ3n) is 3.97. The van der Waals surface area contributed by atoms with E-state index in [4.69, 9.17) is 10.00 Å². The van der Waals surface area contributed by atoms with E-state index in [9.17, 15) is 9.59 Å². The van der Waals surface area contributed by atoms with Crippen molar-refractivity contribution >= 4 is 28.6 Å². The van der Waals surface area contributed by atoms with E-state index in [1.807, 2.05) is 19.1 Å². The van der Waals surface area contributed by atoms with Crippen LogP contribution in [0, 0.1) is 11.3 Å². The fraction of sp³-hybridized carbons (Fsp3) is 0.211. The molecule has 0 N–H and O–H groups in total. The minimum atomic E-state index is -0.638. The Balaban J connectivity index is 1.69. The van der Waals surface area contributed by atoms with E-state index in [1.54, 1.807) is 47.1 Å². The quantitative estimate of drug-likeness (QED) is 0.491. The van der Waals surface area contributed by atoms with Crippen LogP contribution in [0.3, 0.4) is 0 Å². The van der Waals surface area contributed by atoms with Gasteiger partial charge in [0.05, 0.1) is 17.1 Å². The fourth-order valence-corrected chi connectivity index (χ4v) is 2.62. The number of carbonyl (C=O) groups is 2. The highest BCUT2D eigenvalue weighted by Crippen LogP contribution is 2.15. The Labute approximate surface area is 155 Å². The SMILES string of the molecule is CCn1nnc2cc(C(=O)OCC(=O)N(CC#N)c3ccccc3)ccc21. The lowest BCUT2D eigenvalue weighted by Gasteiger charge is -2.19. The van der Waals surface area contributed by atoms with Crippen molar-refractivity contribution in [3.8, 4) is 6.07 Å². The predicted molar refractivity (Wildman–Crippen MR) is 97.9 cm³/mol. The van der Waals surface area contributed by atoms with E-state index in [-0.39, 0.29) is 12.1 Å². The van der Waals surface area contributed by atoms with Crippen molar-refractivity contribution in [2.75, 3.05) is 18.1 Å². The lowest BCUT2D eigenvalue weighted by atomic mass is 10.2. The summed E-state index contributed by atoms with van der Waals surface area (Å²) in [4.78, 5) is 25.9. The van der Waals surface area contributed by atoms with Crippen molar-refractivity contribution in [1.82, 2.24) is 15.0 Å². The summed E-state index contributed by atoms with van der Waals surface area (Å²) in [7, 11) is 0. The molecular formula is C19H17N5O3. The number of benzene rings is 2. The highest BCUT2D eigenvalue weighted by atomic mass is 16.5. The molecule has 1 heterocycles. The molecule has 3 aromatic rings. The maximum atomic E-state index is 12.4. The summed E-state index contributed by atoms with van der Waals surface area (Å²) in [5.41, 5.74) is 2.24. The number of amides is 1. The Bertz CT molecular complexity index is 1010. The van der Waals surface area contributed by atoms with Gasteiger partial charge in [-0.2, -0.15) is 5.26 Å². The molecule has 136 valence electrons. The van der Waals surface area contributed by atoms with Gasteiger partial charge in [-0.3, -0.25) is 9.69 Å². The highest BCUT2D eigenvalue weighted by Gasteiger charge is 2.18. The highest BCUT2D eigenvalue weighted by molar-refractivity contribution is 5.98. The minimum Gasteiger partial charge on any atom is -0.452 e. The first kappa shape index (κ1) is 18.1. The molecule has 0 fully saturated rings. The van der Waals surface area contributed by atoms with Gasteiger partial charge in [0, 0.05) is 12.2 Å². The first-order valence-electron chi connectivity index (χ1n) is 8.36.